The predicted octanol–water partition coefficient (Wildman–Crippen LogP) is 4.32. The Morgan fingerprint density at radius 3 is 2.50 bits per heavy atom. The van der Waals surface area contributed by atoms with Crippen LogP contribution in [-0.2, 0) is 9.53 Å². The lowest BCUT2D eigenvalue weighted by Gasteiger charge is -2.10. The van der Waals surface area contributed by atoms with Gasteiger partial charge in [0.1, 0.15) is 0 Å². The molecule has 26 heavy (non-hydrogen) atoms. The number of aromatic nitrogens is 1. The van der Waals surface area contributed by atoms with Gasteiger partial charge in [0.2, 0.25) is 5.78 Å². The molecule has 6 heteroatoms. The lowest BCUT2D eigenvalue weighted by Crippen LogP contribution is -2.24. The summed E-state index contributed by atoms with van der Waals surface area (Å²) in [5.41, 5.74) is 2.71. The molecule has 0 unspecified atom stereocenters. The van der Waals surface area contributed by atoms with Gasteiger partial charge in [0.25, 0.3) is 0 Å². The monoisotopic (exact) mass is 373 g/mol. The second-order valence-electron chi connectivity index (χ2n) is 6.01. The number of carbonyl (C=O) groups excluding carboxylic acids is 3. The number of nitrogens with one attached hydrogen (secondary N) is 1. The number of carbonyl (C=O) groups is 3. The van der Waals surface area contributed by atoms with Crippen molar-refractivity contribution in [3.8, 4) is 0 Å². The highest BCUT2D eigenvalue weighted by Gasteiger charge is 2.25. The van der Waals surface area contributed by atoms with Crippen LogP contribution in [0.4, 0.5) is 0 Å². The van der Waals surface area contributed by atoms with Crippen LogP contribution < -0.4 is 0 Å². The van der Waals surface area contributed by atoms with E-state index in [1.807, 2.05) is 0 Å². The molecule has 0 aliphatic heterocycles. The van der Waals surface area contributed by atoms with Gasteiger partial charge in [0.05, 0.1) is 5.69 Å². The summed E-state index contributed by atoms with van der Waals surface area (Å²) in [5.74, 6) is -1.15. The van der Waals surface area contributed by atoms with Gasteiger partial charge < -0.3 is 9.72 Å². The zero-order valence-electron chi connectivity index (χ0n) is 15.1. The standard InChI is InChI=1S/C20H20ClNO4/c1-11-18(13(3)23)12(2)22-19(11)20(25)14(4)26-17(24)9-8-15-6-5-7-16(21)10-15/h5-10,14,22H,1-4H3/b9-8+/t14-/m1/s1. The lowest BCUT2D eigenvalue weighted by atomic mass is 10.0. The Morgan fingerprint density at radius 1 is 1.23 bits per heavy atom. The maximum atomic E-state index is 12.5. The number of hydrogen-bond donors (Lipinski definition) is 1. The summed E-state index contributed by atoms with van der Waals surface area (Å²) in [5, 5.41) is 0.558. The van der Waals surface area contributed by atoms with Crippen LogP contribution in [0.3, 0.4) is 0 Å². The van der Waals surface area contributed by atoms with Crippen LogP contribution in [0.5, 0.6) is 0 Å². The highest BCUT2D eigenvalue weighted by atomic mass is 35.5. The third kappa shape index (κ3) is 4.49. The van der Waals surface area contributed by atoms with E-state index < -0.39 is 12.1 Å². The zero-order chi connectivity index (χ0) is 19.4. The van der Waals surface area contributed by atoms with Crippen LogP contribution in [0.1, 0.15) is 51.5 Å². The van der Waals surface area contributed by atoms with Crippen molar-refractivity contribution in [2.24, 2.45) is 0 Å². The molecule has 1 aromatic heterocycles. The molecule has 2 aromatic rings. The first-order chi connectivity index (χ1) is 12.2. The molecule has 2 rings (SSSR count). The molecular weight excluding hydrogens is 354 g/mol. The molecule has 0 spiro atoms. The first kappa shape index (κ1) is 19.7. The Kier molecular flexibility index (Phi) is 6.16. The largest absolute Gasteiger partial charge is 0.451 e. The van der Waals surface area contributed by atoms with Crippen molar-refractivity contribution in [2.75, 3.05) is 0 Å². The van der Waals surface area contributed by atoms with E-state index in [0.29, 0.717) is 21.8 Å². The number of rotatable bonds is 6. The number of aryl methyl sites for hydroxylation is 1. The molecule has 0 aliphatic carbocycles. The molecule has 0 saturated carbocycles. The fourth-order valence-electron chi connectivity index (χ4n) is 2.77. The van der Waals surface area contributed by atoms with Gasteiger partial charge >= 0.3 is 5.97 Å². The van der Waals surface area contributed by atoms with Crippen LogP contribution >= 0.6 is 11.6 Å². The number of ketones is 2. The zero-order valence-corrected chi connectivity index (χ0v) is 15.8. The van der Waals surface area contributed by atoms with E-state index >= 15 is 0 Å². The van der Waals surface area contributed by atoms with Gasteiger partial charge in [-0.2, -0.15) is 0 Å². The molecule has 0 radical (unpaired) electrons. The molecule has 0 saturated heterocycles. The Bertz CT molecular complexity index is 895. The Hall–Kier alpha value is -2.66. The summed E-state index contributed by atoms with van der Waals surface area (Å²) < 4.78 is 5.17. The summed E-state index contributed by atoms with van der Waals surface area (Å²) in [6.45, 7) is 6.37. The number of aromatic amines is 1. The second-order valence-corrected chi connectivity index (χ2v) is 6.45. The number of esters is 1. The molecule has 1 heterocycles. The maximum Gasteiger partial charge on any atom is 0.331 e. The minimum absolute atomic E-state index is 0.121. The van der Waals surface area contributed by atoms with E-state index in [0.717, 1.165) is 5.56 Å². The van der Waals surface area contributed by atoms with Crippen molar-refractivity contribution >= 4 is 35.2 Å². The van der Waals surface area contributed by atoms with E-state index in [9.17, 15) is 14.4 Å². The fourth-order valence-corrected chi connectivity index (χ4v) is 2.97. The predicted molar refractivity (Wildman–Crippen MR) is 101 cm³/mol. The van der Waals surface area contributed by atoms with Crippen LogP contribution in [0.25, 0.3) is 6.08 Å². The number of H-pyrrole nitrogens is 1. The Morgan fingerprint density at radius 2 is 1.92 bits per heavy atom. The van der Waals surface area contributed by atoms with Gasteiger partial charge in [-0.25, -0.2) is 4.79 Å². The fraction of sp³-hybridized carbons (Fsp3) is 0.250. The molecular formula is C20H20ClNO4. The quantitative estimate of drug-likeness (QED) is 0.465. The van der Waals surface area contributed by atoms with Crippen LogP contribution in [-0.4, -0.2) is 28.6 Å². The molecule has 5 nitrogen and oxygen atoms in total. The highest BCUT2D eigenvalue weighted by molar-refractivity contribution is 6.30. The molecule has 0 aliphatic rings. The van der Waals surface area contributed by atoms with E-state index in [2.05, 4.69) is 4.98 Å². The van der Waals surface area contributed by atoms with Crippen molar-refractivity contribution in [2.45, 2.75) is 33.8 Å². The lowest BCUT2D eigenvalue weighted by molar-refractivity contribution is -0.140. The van der Waals surface area contributed by atoms with Gasteiger partial charge in [-0.3, -0.25) is 9.59 Å². The average molecular weight is 374 g/mol. The molecule has 0 bridgehead atoms. The topological polar surface area (TPSA) is 76.2 Å². The van der Waals surface area contributed by atoms with Crippen molar-refractivity contribution in [3.05, 3.63) is 63.4 Å². The molecule has 1 aromatic carbocycles. The summed E-state index contributed by atoms with van der Waals surface area (Å²) in [4.78, 5) is 39.1. The van der Waals surface area contributed by atoms with Crippen molar-refractivity contribution in [1.29, 1.82) is 0 Å². The van der Waals surface area contributed by atoms with Crippen LogP contribution in [0.2, 0.25) is 5.02 Å². The van der Waals surface area contributed by atoms with E-state index in [-0.39, 0.29) is 17.3 Å². The van der Waals surface area contributed by atoms with E-state index in [1.165, 1.54) is 19.9 Å². The molecule has 136 valence electrons. The van der Waals surface area contributed by atoms with Crippen molar-refractivity contribution in [1.82, 2.24) is 4.98 Å². The van der Waals surface area contributed by atoms with Crippen molar-refractivity contribution < 1.29 is 19.1 Å². The first-order valence-corrected chi connectivity index (χ1v) is 8.47. The minimum Gasteiger partial charge on any atom is -0.451 e. The normalized spacial score (nSPS) is 12.2. The summed E-state index contributed by atoms with van der Waals surface area (Å²) in [7, 11) is 0. The smallest absolute Gasteiger partial charge is 0.331 e. The Labute approximate surface area is 157 Å². The van der Waals surface area contributed by atoms with Gasteiger partial charge in [-0.1, -0.05) is 23.7 Å². The summed E-state index contributed by atoms with van der Waals surface area (Å²) in [6, 6.07) is 6.99. The first-order valence-electron chi connectivity index (χ1n) is 8.09. The Balaban J connectivity index is 2.08. The summed E-state index contributed by atoms with van der Waals surface area (Å²) >= 11 is 5.88. The number of benzene rings is 1. The molecule has 0 fully saturated rings. The highest BCUT2D eigenvalue weighted by Crippen LogP contribution is 2.20. The maximum absolute atomic E-state index is 12.5. The SMILES string of the molecule is CC(=O)c1c(C)[nH]c(C(=O)[C@@H](C)OC(=O)/C=C/c2cccc(Cl)c2)c1C. The van der Waals surface area contributed by atoms with Crippen LogP contribution in [0.15, 0.2) is 30.3 Å². The third-order valence-corrected chi connectivity index (χ3v) is 4.19. The molecule has 1 N–H and O–H groups in total. The van der Waals surface area contributed by atoms with E-state index in [4.69, 9.17) is 16.3 Å². The third-order valence-electron chi connectivity index (χ3n) is 3.96. The number of Topliss-reactive ketones (excluding diaryl/α,β-unsaturated/α-hetero) is 2. The number of hydrogen-bond acceptors (Lipinski definition) is 4. The van der Waals surface area contributed by atoms with Gasteiger partial charge in [0, 0.05) is 22.4 Å². The second kappa shape index (κ2) is 8.15. The average Bonchev–Trinajstić information content (AvgIpc) is 2.86. The molecule has 0 amide bonds. The molecule has 1 atom stereocenters. The van der Waals surface area contributed by atoms with E-state index in [1.54, 1.807) is 44.2 Å². The number of ether oxygens (including phenoxy) is 1. The van der Waals surface area contributed by atoms with Crippen LogP contribution in [0, 0.1) is 13.8 Å². The van der Waals surface area contributed by atoms with Gasteiger partial charge in [0.15, 0.2) is 11.9 Å². The van der Waals surface area contributed by atoms with Gasteiger partial charge in [-0.05, 0) is 57.0 Å². The summed E-state index contributed by atoms with van der Waals surface area (Å²) in [6.07, 6.45) is 1.81. The number of halogens is 1. The van der Waals surface area contributed by atoms with Crippen molar-refractivity contribution in [3.63, 3.8) is 0 Å². The van der Waals surface area contributed by atoms with Gasteiger partial charge in [-0.15, -0.1) is 0 Å². The minimum atomic E-state index is -0.983.